The lowest BCUT2D eigenvalue weighted by molar-refractivity contribution is -0.119. The van der Waals surface area contributed by atoms with Crippen LogP contribution in [0.1, 0.15) is 66.4 Å². The molecule has 3 heterocycles. The van der Waals surface area contributed by atoms with Crippen molar-refractivity contribution < 1.29 is 18.3 Å². The molecular formula is C33H32F2N4O2. The average Bonchev–Trinajstić information content (AvgIpc) is 3.22. The summed E-state index contributed by atoms with van der Waals surface area (Å²) in [5.41, 5.74) is 4.12. The van der Waals surface area contributed by atoms with E-state index in [1.807, 2.05) is 38.3 Å². The summed E-state index contributed by atoms with van der Waals surface area (Å²) in [4.78, 5) is 17.9. The van der Waals surface area contributed by atoms with E-state index in [0.29, 0.717) is 52.9 Å². The van der Waals surface area contributed by atoms with Gasteiger partial charge in [0, 0.05) is 29.8 Å². The van der Waals surface area contributed by atoms with E-state index in [0.717, 1.165) is 11.3 Å². The normalized spacial score (nSPS) is 16.8. The van der Waals surface area contributed by atoms with E-state index >= 15 is 0 Å². The van der Waals surface area contributed by atoms with Crippen LogP contribution in [0, 0.1) is 36.8 Å². The highest BCUT2D eigenvalue weighted by Gasteiger charge is 2.30. The van der Waals surface area contributed by atoms with Crippen LogP contribution in [-0.4, -0.2) is 33.7 Å². The van der Waals surface area contributed by atoms with Crippen molar-refractivity contribution in [2.45, 2.75) is 58.2 Å². The zero-order valence-corrected chi connectivity index (χ0v) is 23.5. The number of benzene rings is 2. The first-order valence-corrected chi connectivity index (χ1v) is 13.6. The fraction of sp³-hybridized carbons (Fsp3) is 0.303. The number of carbonyl (C=O) groups is 1. The quantitative estimate of drug-likeness (QED) is 0.275. The van der Waals surface area contributed by atoms with E-state index in [1.54, 1.807) is 30.3 Å². The molecule has 6 nitrogen and oxygen atoms in total. The minimum absolute atomic E-state index is 0.0325. The zero-order valence-electron chi connectivity index (χ0n) is 23.5. The van der Waals surface area contributed by atoms with E-state index in [9.17, 15) is 18.8 Å². The van der Waals surface area contributed by atoms with Gasteiger partial charge in [0.2, 0.25) is 5.91 Å². The Kier molecular flexibility index (Phi) is 7.74. The molecule has 2 aromatic heterocycles. The van der Waals surface area contributed by atoms with Crippen LogP contribution in [0.2, 0.25) is 0 Å². The molecule has 0 radical (unpaired) electrons. The molecule has 4 aromatic rings. The van der Waals surface area contributed by atoms with Gasteiger partial charge in [-0.05, 0) is 93.6 Å². The number of amides is 1. The summed E-state index contributed by atoms with van der Waals surface area (Å²) >= 11 is 0. The smallest absolute Gasteiger partial charge is 0.244 e. The van der Waals surface area contributed by atoms with Crippen LogP contribution >= 0.6 is 0 Å². The molecule has 0 bridgehead atoms. The number of nitriles is 1. The number of nitrogens with one attached hydrogen (secondary N) is 1. The van der Waals surface area contributed by atoms with Crippen LogP contribution in [0.4, 0.5) is 8.78 Å². The van der Waals surface area contributed by atoms with Crippen LogP contribution in [0.25, 0.3) is 17.1 Å². The molecule has 0 saturated carbocycles. The Balaban J connectivity index is 1.69. The number of hydrogen-bond acceptors (Lipinski definition) is 4. The molecule has 1 amide bonds. The molecule has 8 heteroatoms. The summed E-state index contributed by atoms with van der Waals surface area (Å²) in [6.45, 7) is 8.36. The van der Waals surface area contributed by atoms with Gasteiger partial charge in [-0.25, -0.2) is 13.8 Å². The van der Waals surface area contributed by atoms with Crippen molar-refractivity contribution in [2.24, 2.45) is 0 Å². The number of aromatic nitrogens is 2. The summed E-state index contributed by atoms with van der Waals surface area (Å²) in [6, 6.07) is 15.7. The molecule has 1 saturated heterocycles. The Bertz CT molecular complexity index is 1620. The summed E-state index contributed by atoms with van der Waals surface area (Å²) < 4.78 is 35.6. The molecule has 1 fully saturated rings. The third kappa shape index (κ3) is 5.91. The van der Waals surface area contributed by atoms with E-state index in [-0.39, 0.29) is 29.2 Å². The van der Waals surface area contributed by atoms with E-state index in [2.05, 4.69) is 11.4 Å². The Morgan fingerprint density at radius 2 is 1.73 bits per heavy atom. The monoisotopic (exact) mass is 554 g/mol. The number of fused-ring (bicyclic) bond motifs is 1. The Hall–Kier alpha value is -4.35. The highest BCUT2D eigenvalue weighted by atomic mass is 19.1. The van der Waals surface area contributed by atoms with Crippen molar-refractivity contribution >= 4 is 23.0 Å². The van der Waals surface area contributed by atoms with Crippen molar-refractivity contribution in [3.8, 4) is 6.07 Å². The lowest BCUT2D eigenvalue weighted by Gasteiger charge is -2.35. The number of hydrogen-bond donors (Lipinski definition) is 1. The van der Waals surface area contributed by atoms with Crippen LogP contribution in [0.15, 0.2) is 60.7 Å². The van der Waals surface area contributed by atoms with Gasteiger partial charge in [-0.1, -0.05) is 24.3 Å². The summed E-state index contributed by atoms with van der Waals surface area (Å²) in [7, 11) is 0. The van der Waals surface area contributed by atoms with Gasteiger partial charge in [-0.3, -0.25) is 4.79 Å². The minimum atomic E-state index is -0.589. The van der Waals surface area contributed by atoms with Crippen LogP contribution in [0.5, 0.6) is 0 Å². The number of aryl methyl sites for hydroxylation is 2. The average molecular weight is 555 g/mol. The molecule has 0 spiro atoms. The third-order valence-corrected chi connectivity index (χ3v) is 7.50. The number of nitrogens with zero attached hydrogens (tertiary/aromatic N) is 3. The van der Waals surface area contributed by atoms with Gasteiger partial charge in [-0.15, -0.1) is 0 Å². The van der Waals surface area contributed by atoms with Crippen molar-refractivity contribution in [3.05, 3.63) is 106 Å². The Morgan fingerprint density at radius 1 is 1.12 bits per heavy atom. The number of rotatable bonds is 6. The summed E-state index contributed by atoms with van der Waals surface area (Å²) in [6.07, 6.45) is 4.47. The molecule has 1 aliphatic rings. The number of halogens is 2. The van der Waals surface area contributed by atoms with Gasteiger partial charge in [0.15, 0.2) is 0 Å². The van der Waals surface area contributed by atoms with Gasteiger partial charge in [-0.2, -0.15) is 5.26 Å². The molecule has 2 aromatic carbocycles. The third-order valence-electron chi connectivity index (χ3n) is 7.50. The molecule has 1 N–H and O–H groups in total. The second kappa shape index (κ2) is 11.3. The van der Waals surface area contributed by atoms with Crippen molar-refractivity contribution in [2.75, 3.05) is 6.61 Å². The van der Waals surface area contributed by atoms with Gasteiger partial charge >= 0.3 is 0 Å². The van der Waals surface area contributed by atoms with Gasteiger partial charge < -0.3 is 14.6 Å². The maximum atomic E-state index is 14.0. The first kappa shape index (κ1) is 28.2. The SMILES string of the molecule is Cc1cc(C)c2c(C#N)c(C=CC(=O)NC3CCOC(C)(C)C3)n(C(c3ccc(F)cc3)c3ccc(F)cc3)c2n1. The maximum Gasteiger partial charge on any atom is 0.244 e. The van der Waals surface area contributed by atoms with E-state index in [1.165, 1.54) is 30.3 Å². The second-order valence-electron chi connectivity index (χ2n) is 11.2. The van der Waals surface area contributed by atoms with E-state index < -0.39 is 6.04 Å². The van der Waals surface area contributed by atoms with Crippen LogP contribution in [0.3, 0.4) is 0 Å². The first-order valence-electron chi connectivity index (χ1n) is 13.6. The molecule has 5 rings (SSSR count). The second-order valence-corrected chi connectivity index (χ2v) is 11.2. The van der Waals surface area contributed by atoms with Crippen LogP contribution in [-0.2, 0) is 9.53 Å². The highest BCUT2D eigenvalue weighted by Crippen LogP contribution is 2.37. The molecule has 1 unspecified atom stereocenters. The topological polar surface area (TPSA) is 79.9 Å². The predicted molar refractivity (Wildman–Crippen MR) is 154 cm³/mol. The molecule has 1 atom stereocenters. The fourth-order valence-electron chi connectivity index (χ4n) is 5.74. The molecule has 41 heavy (non-hydrogen) atoms. The lowest BCUT2D eigenvalue weighted by atomic mass is 9.94. The largest absolute Gasteiger partial charge is 0.375 e. The minimum Gasteiger partial charge on any atom is -0.375 e. The van der Waals surface area contributed by atoms with Gasteiger partial charge in [0.25, 0.3) is 0 Å². The number of carbonyl (C=O) groups excluding carboxylic acids is 1. The van der Waals surface area contributed by atoms with Gasteiger partial charge in [0.1, 0.15) is 23.4 Å². The summed E-state index contributed by atoms with van der Waals surface area (Å²) in [5, 5.41) is 14.1. The molecule has 1 aliphatic heterocycles. The molecule has 210 valence electrons. The summed E-state index contributed by atoms with van der Waals surface area (Å²) in [5.74, 6) is -1.06. The van der Waals surface area contributed by atoms with Crippen LogP contribution < -0.4 is 5.32 Å². The zero-order chi connectivity index (χ0) is 29.3. The highest BCUT2D eigenvalue weighted by molar-refractivity contribution is 5.96. The van der Waals surface area contributed by atoms with Crippen molar-refractivity contribution in [1.29, 1.82) is 5.26 Å². The Labute approximate surface area is 238 Å². The fourth-order valence-corrected chi connectivity index (χ4v) is 5.74. The first-order chi connectivity index (χ1) is 19.6. The van der Waals surface area contributed by atoms with E-state index in [4.69, 9.17) is 9.72 Å². The predicted octanol–water partition coefficient (Wildman–Crippen LogP) is 6.53. The van der Waals surface area contributed by atoms with Gasteiger partial charge in [0.05, 0.1) is 22.9 Å². The standard InChI is InChI=1S/C33H32F2N4O2/c1-20-17-21(2)37-32-30(20)27(19-36)28(13-14-29(40)38-26-15-16-41-33(3,4)18-26)39(32)31(22-5-9-24(34)10-6-22)23-7-11-25(35)12-8-23/h5-14,17,26,31H,15-16,18H2,1-4H3,(H,38,40). The lowest BCUT2D eigenvalue weighted by Crippen LogP contribution is -2.45. The molecular weight excluding hydrogens is 522 g/mol. The van der Waals surface area contributed by atoms with Crippen molar-refractivity contribution in [3.63, 3.8) is 0 Å². The van der Waals surface area contributed by atoms with Crippen molar-refractivity contribution in [1.82, 2.24) is 14.9 Å². The number of ether oxygens (including phenoxy) is 1. The Morgan fingerprint density at radius 3 is 2.29 bits per heavy atom. The number of pyridine rings is 1. The molecule has 0 aliphatic carbocycles. The maximum absolute atomic E-state index is 14.0.